The number of nitrogens with one attached hydrogen (secondary N) is 2. The van der Waals surface area contributed by atoms with Crippen molar-refractivity contribution >= 4 is 32.1 Å². The molecule has 0 aromatic heterocycles. The third kappa shape index (κ3) is 12.4. The van der Waals surface area contributed by atoms with Gasteiger partial charge in [-0.15, -0.1) is 0 Å². The molecule has 8 aliphatic rings. The van der Waals surface area contributed by atoms with Crippen molar-refractivity contribution in [3.63, 3.8) is 0 Å². The van der Waals surface area contributed by atoms with Gasteiger partial charge in [0.25, 0.3) is 20.2 Å². The molecule has 0 aromatic carbocycles. The highest BCUT2D eigenvalue weighted by atomic mass is 32.2. The summed E-state index contributed by atoms with van der Waals surface area (Å²) in [5.74, 6) is 15.9. The summed E-state index contributed by atoms with van der Waals surface area (Å²) < 4.78 is 74.9. The quantitative estimate of drug-likeness (QED) is 0.0570. The first-order valence-corrected chi connectivity index (χ1v) is 32.1. The Morgan fingerprint density at radius 2 is 0.919 bits per heavy atom. The summed E-state index contributed by atoms with van der Waals surface area (Å²) in [4.78, 5) is 25.0. The van der Waals surface area contributed by atoms with E-state index in [1.807, 2.05) is 0 Å². The van der Waals surface area contributed by atoms with Crippen LogP contribution in [0, 0.1) is 116 Å². The Morgan fingerprint density at radius 1 is 0.554 bits per heavy atom. The lowest BCUT2D eigenvalue weighted by atomic mass is 9.43. The van der Waals surface area contributed by atoms with E-state index in [2.05, 4.69) is 75.9 Å². The molecule has 14 nitrogen and oxygen atoms in total. The molecular weight excluding hydrogens is 981 g/mol. The largest absolute Gasteiger partial charge is 0.393 e. The van der Waals surface area contributed by atoms with Crippen LogP contribution >= 0.6 is 0 Å². The van der Waals surface area contributed by atoms with Gasteiger partial charge in [0.15, 0.2) is 0 Å². The van der Waals surface area contributed by atoms with Crippen molar-refractivity contribution < 1.29 is 55.2 Å². The highest BCUT2D eigenvalue weighted by molar-refractivity contribution is 7.86. The Morgan fingerprint density at radius 3 is 1.30 bits per heavy atom. The first kappa shape index (κ1) is 57.9. The van der Waals surface area contributed by atoms with Gasteiger partial charge < -0.3 is 30.3 Å². The van der Waals surface area contributed by atoms with E-state index in [1.165, 1.54) is 0 Å². The van der Waals surface area contributed by atoms with Crippen molar-refractivity contribution in [1.29, 1.82) is 0 Å². The van der Waals surface area contributed by atoms with E-state index < -0.39 is 31.7 Å². The lowest BCUT2D eigenvalue weighted by Crippen LogP contribution is -2.58. The van der Waals surface area contributed by atoms with Crippen molar-refractivity contribution in [2.24, 2.45) is 92.7 Å². The van der Waals surface area contributed by atoms with Gasteiger partial charge >= 0.3 is 0 Å². The van der Waals surface area contributed by atoms with Gasteiger partial charge in [-0.2, -0.15) is 16.8 Å². The molecule has 8 rings (SSSR count). The standard InChI is InChI=1S/C58H92N2O12S2/c1-37(11-17-51(63)59-27-31-73(65,66)67)43-13-15-45-53-47(21-25-57(43,45)5)55(3)23-19-41(33-39(55)35-49(53)61)71-29-9-7-8-10-30-72-42-20-24-56(4)40(34-42)36-50(62)54-46-16-14-44(58(46,6)26-22-48(54)56)38(2)12-18-52(64)60-28-32-74(68,69)70/h37-50,53-54,61-62H,11-36H2,1-6H3,(H,59,63)(H,60,64)(H,65,66,67)(H,68,69,70)/t37-,38-,39?,40?,41-,42-,43-,44-,45+,46+,47+,48+,49+,50+,53+,54+,55+,56+,57-,58-/m1/s1. The number of aliphatic hydroxyl groups is 2. The number of fused-ring (bicyclic) bond motifs is 10. The number of amides is 2. The fourth-order valence-electron chi connectivity index (χ4n) is 19.0. The molecule has 74 heavy (non-hydrogen) atoms. The van der Waals surface area contributed by atoms with Crippen LogP contribution in [-0.2, 0) is 39.3 Å². The lowest BCUT2D eigenvalue weighted by Gasteiger charge is -2.62. The Bertz CT molecular complexity index is 2200. The summed E-state index contributed by atoms with van der Waals surface area (Å²) in [5.41, 5.74) is 0.592. The SMILES string of the molecule is C[C@H](CCC(=O)NCCS(=O)(=O)O)[C@H]1CC[C@H]2[C@@H]3[C@@H](O)CC4C[C@H](OCC#CC#CCO[C@@H]5CC[C@@]6(C)C(C5)C[C@H](O)[C@H]5[C@@H]7CC[C@H]([C@H](C)CCC(=O)NCCS(=O)(=O)O)[C@@]7(C)CC[C@@H]56)CC[C@]4(C)[C@H]3CC[C@]12C. The Kier molecular flexibility index (Phi) is 18.1. The minimum absolute atomic E-state index is 0.0855. The number of ether oxygens (including phenoxy) is 2. The first-order valence-electron chi connectivity index (χ1n) is 28.8. The number of hydrogen-bond donors (Lipinski definition) is 6. The molecular formula is C58H92N2O12S2. The maximum absolute atomic E-state index is 12.5. The summed E-state index contributed by atoms with van der Waals surface area (Å²) in [7, 11) is -8.22. The molecule has 0 bridgehead atoms. The smallest absolute Gasteiger partial charge is 0.266 e. The first-order chi connectivity index (χ1) is 34.9. The Hall–Kier alpha value is -2.28. The molecule has 8 saturated carbocycles. The minimum atomic E-state index is -4.11. The molecule has 6 N–H and O–H groups in total. The second-order valence-electron chi connectivity index (χ2n) is 26.4. The highest BCUT2D eigenvalue weighted by Crippen LogP contribution is 2.70. The molecule has 8 aliphatic carbocycles. The van der Waals surface area contributed by atoms with Crippen LogP contribution in [0.2, 0.25) is 0 Å². The van der Waals surface area contributed by atoms with Gasteiger partial charge in [-0.3, -0.25) is 18.7 Å². The molecule has 0 saturated heterocycles. The Balaban J connectivity index is 0.745. The fraction of sp³-hybridized carbons (Fsp3) is 0.897. The second kappa shape index (κ2) is 23.2. The summed E-state index contributed by atoms with van der Waals surface area (Å²) in [6.07, 6.45) is 18.4. The van der Waals surface area contributed by atoms with Crippen LogP contribution in [0.4, 0.5) is 0 Å². The van der Waals surface area contributed by atoms with Crippen LogP contribution in [0.25, 0.3) is 0 Å². The second-order valence-corrected chi connectivity index (χ2v) is 29.5. The molecule has 0 radical (unpaired) electrons. The van der Waals surface area contributed by atoms with Crippen molar-refractivity contribution in [3.05, 3.63) is 0 Å². The molecule has 16 heteroatoms. The third-order valence-corrected chi connectivity index (χ3v) is 24.3. The van der Waals surface area contributed by atoms with E-state index in [1.54, 1.807) is 0 Å². The maximum Gasteiger partial charge on any atom is 0.266 e. The topological polar surface area (TPSA) is 226 Å². The fourth-order valence-corrected chi connectivity index (χ4v) is 19.8. The van der Waals surface area contributed by atoms with Gasteiger partial charge in [-0.25, -0.2) is 0 Å². The predicted octanol–water partition coefficient (Wildman–Crippen LogP) is 7.86. The maximum atomic E-state index is 12.5. The van der Waals surface area contributed by atoms with Crippen molar-refractivity contribution in [2.75, 3.05) is 37.8 Å². The molecule has 0 spiro atoms. The number of carbonyl (C=O) groups excluding carboxylic acids is 2. The number of rotatable bonds is 18. The lowest BCUT2D eigenvalue weighted by molar-refractivity contribution is -0.177. The normalized spacial score (nSPS) is 42.2. The number of carbonyl (C=O) groups is 2. The molecule has 2 amide bonds. The van der Waals surface area contributed by atoms with Crippen LogP contribution in [0.3, 0.4) is 0 Å². The molecule has 0 aliphatic heterocycles. The predicted molar refractivity (Wildman–Crippen MR) is 284 cm³/mol. The summed E-state index contributed by atoms with van der Waals surface area (Å²) in [5, 5.41) is 29.1. The van der Waals surface area contributed by atoms with E-state index in [0.717, 1.165) is 116 Å². The van der Waals surface area contributed by atoms with E-state index >= 15 is 0 Å². The van der Waals surface area contributed by atoms with E-state index in [4.69, 9.17) is 18.6 Å². The molecule has 20 atom stereocenters. The van der Waals surface area contributed by atoms with Gasteiger partial charge in [-0.05, 0) is 220 Å². The highest BCUT2D eigenvalue weighted by Gasteiger charge is 2.65. The average molecular weight is 1070 g/mol. The molecule has 8 fully saturated rings. The number of hydrogen-bond acceptors (Lipinski definition) is 10. The molecule has 0 aromatic rings. The van der Waals surface area contributed by atoms with E-state index in [-0.39, 0.29) is 71.0 Å². The molecule has 418 valence electrons. The van der Waals surface area contributed by atoms with Crippen LogP contribution < -0.4 is 10.6 Å². The summed E-state index contributed by atoms with van der Waals surface area (Å²) in [6, 6.07) is 0. The summed E-state index contributed by atoms with van der Waals surface area (Å²) >= 11 is 0. The average Bonchev–Trinajstić information content (AvgIpc) is 3.87. The van der Waals surface area contributed by atoms with Crippen LogP contribution in [-0.4, -0.2) is 110 Å². The van der Waals surface area contributed by atoms with Crippen molar-refractivity contribution in [3.8, 4) is 23.7 Å². The van der Waals surface area contributed by atoms with E-state index in [0.29, 0.717) is 97.1 Å². The monoisotopic (exact) mass is 1070 g/mol. The van der Waals surface area contributed by atoms with Crippen molar-refractivity contribution in [1.82, 2.24) is 10.6 Å². The zero-order valence-corrected chi connectivity index (χ0v) is 47.1. The van der Waals surface area contributed by atoms with Gasteiger partial charge in [0.2, 0.25) is 11.8 Å². The van der Waals surface area contributed by atoms with Gasteiger partial charge in [-0.1, -0.05) is 53.4 Å². The van der Waals surface area contributed by atoms with E-state index in [9.17, 15) is 36.6 Å². The third-order valence-electron chi connectivity index (χ3n) is 22.8. The van der Waals surface area contributed by atoms with Gasteiger partial charge in [0, 0.05) is 25.9 Å². The van der Waals surface area contributed by atoms with Crippen molar-refractivity contribution in [2.45, 2.75) is 194 Å². The molecule has 2 unspecified atom stereocenters. The molecule has 0 heterocycles. The van der Waals surface area contributed by atoms with Gasteiger partial charge in [0.05, 0.1) is 35.9 Å². The summed E-state index contributed by atoms with van der Waals surface area (Å²) in [6.45, 7) is 14.9. The minimum Gasteiger partial charge on any atom is -0.393 e. The van der Waals surface area contributed by atoms with Gasteiger partial charge in [0.1, 0.15) is 13.2 Å². The van der Waals surface area contributed by atoms with Crippen LogP contribution in [0.15, 0.2) is 0 Å². The zero-order valence-electron chi connectivity index (χ0n) is 45.5. The number of aliphatic hydroxyl groups excluding tert-OH is 2. The zero-order chi connectivity index (χ0) is 53.4. The van der Waals surface area contributed by atoms with Crippen LogP contribution in [0.5, 0.6) is 0 Å². The van der Waals surface area contributed by atoms with Crippen LogP contribution in [0.1, 0.15) is 170 Å². The Labute approximate surface area is 444 Å².